The molecule has 2 aromatic heterocycles. The van der Waals surface area contributed by atoms with Crippen LogP contribution in [0.5, 0.6) is 0 Å². The normalized spacial score (nSPS) is 11.0. The van der Waals surface area contributed by atoms with E-state index in [4.69, 9.17) is 5.73 Å². The molecule has 0 saturated carbocycles. The van der Waals surface area contributed by atoms with Crippen LogP contribution in [0.3, 0.4) is 0 Å². The third kappa shape index (κ3) is 3.33. The van der Waals surface area contributed by atoms with Crippen LogP contribution in [0.25, 0.3) is 17.1 Å². The van der Waals surface area contributed by atoms with Crippen molar-refractivity contribution in [1.82, 2.24) is 30.7 Å². The van der Waals surface area contributed by atoms with Gasteiger partial charge >= 0.3 is 0 Å². The van der Waals surface area contributed by atoms with E-state index in [0.717, 1.165) is 5.56 Å². The third-order valence-corrected chi connectivity index (χ3v) is 3.81. The van der Waals surface area contributed by atoms with Crippen LogP contribution >= 0.6 is 0 Å². The second kappa shape index (κ2) is 7.50. The van der Waals surface area contributed by atoms with E-state index in [1.807, 2.05) is 60.7 Å². The standard InChI is InChI=1S/C18H14N8O2/c19-16-17(24-28-23-16)26-15(14(21-25-26)13-9-5-2-6-10-13)18(27)22-20-11-12-7-3-1-4-8-12/h1-11H,(H2,19,23)(H,22,27)/b20-11+. The molecule has 0 spiro atoms. The van der Waals surface area contributed by atoms with E-state index in [0.29, 0.717) is 11.3 Å². The Hall–Kier alpha value is -4.34. The molecule has 28 heavy (non-hydrogen) atoms. The molecule has 3 N–H and O–H groups in total. The van der Waals surface area contributed by atoms with Gasteiger partial charge in [-0.2, -0.15) is 9.78 Å². The fraction of sp³-hybridized carbons (Fsp3) is 0. The molecule has 2 aromatic carbocycles. The minimum Gasteiger partial charge on any atom is -0.378 e. The van der Waals surface area contributed by atoms with Gasteiger partial charge < -0.3 is 5.73 Å². The highest BCUT2D eigenvalue weighted by Gasteiger charge is 2.25. The average Bonchev–Trinajstić information content (AvgIpc) is 3.35. The Morgan fingerprint density at radius 2 is 1.79 bits per heavy atom. The predicted octanol–water partition coefficient (Wildman–Crippen LogP) is 1.66. The van der Waals surface area contributed by atoms with Crippen LogP contribution in [0.2, 0.25) is 0 Å². The zero-order valence-corrected chi connectivity index (χ0v) is 14.4. The maximum Gasteiger partial charge on any atom is 0.292 e. The molecular weight excluding hydrogens is 360 g/mol. The summed E-state index contributed by atoms with van der Waals surface area (Å²) in [5.74, 6) is -0.503. The highest BCUT2D eigenvalue weighted by Crippen LogP contribution is 2.24. The smallest absolute Gasteiger partial charge is 0.292 e. The maximum absolute atomic E-state index is 12.9. The van der Waals surface area contributed by atoms with Crippen LogP contribution in [0.1, 0.15) is 16.1 Å². The highest BCUT2D eigenvalue weighted by molar-refractivity contribution is 5.99. The third-order valence-electron chi connectivity index (χ3n) is 3.81. The van der Waals surface area contributed by atoms with E-state index in [-0.39, 0.29) is 17.3 Å². The van der Waals surface area contributed by atoms with Crippen molar-refractivity contribution in [3.63, 3.8) is 0 Å². The topological polar surface area (TPSA) is 137 Å². The van der Waals surface area contributed by atoms with E-state index in [1.54, 1.807) is 0 Å². The molecule has 0 atom stereocenters. The first-order valence-corrected chi connectivity index (χ1v) is 8.22. The summed E-state index contributed by atoms with van der Waals surface area (Å²) in [6.45, 7) is 0. The van der Waals surface area contributed by atoms with E-state index in [1.165, 1.54) is 10.9 Å². The number of carbonyl (C=O) groups is 1. The van der Waals surface area contributed by atoms with Gasteiger partial charge in [0, 0.05) is 5.56 Å². The average molecular weight is 374 g/mol. The van der Waals surface area contributed by atoms with Crippen molar-refractivity contribution in [2.45, 2.75) is 0 Å². The van der Waals surface area contributed by atoms with E-state index >= 15 is 0 Å². The molecule has 1 amide bonds. The molecule has 4 aromatic rings. The van der Waals surface area contributed by atoms with Gasteiger partial charge in [-0.1, -0.05) is 65.9 Å². The van der Waals surface area contributed by atoms with Crippen LogP contribution in [-0.4, -0.2) is 37.4 Å². The number of carbonyl (C=O) groups excluding carboxylic acids is 1. The van der Waals surface area contributed by atoms with Crippen molar-refractivity contribution in [2.75, 3.05) is 5.73 Å². The van der Waals surface area contributed by atoms with Gasteiger partial charge in [-0.05, 0) is 15.9 Å². The highest BCUT2D eigenvalue weighted by atomic mass is 16.6. The summed E-state index contributed by atoms with van der Waals surface area (Å²) in [6.07, 6.45) is 1.53. The SMILES string of the molecule is Nc1nonc1-n1nnc(-c2ccccc2)c1C(=O)N/N=C/c1ccccc1. The number of hydrogen-bond acceptors (Lipinski definition) is 8. The van der Waals surface area contributed by atoms with Crippen LogP contribution in [0.4, 0.5) is 5.82 Å². The first-order chi connectivity index (χ1) is 13.7. The lowest BCUT2D eigenvalue weighted by Crippen LogP contribution is -2.22. The van der Waals surface area contributed by atoms with Gasteiger partial charge in [-0.15, -0.1) is 5.10 Å². The Morgan fingerprint density at radius 3 is 2.46 bits per heavy atom. The molecule has 0 bridgehead atoms. The van der Waals surface area contributed by atoms with Gasteiger partial charge in [0.15, 0.2) is 5.69 Å². The van der Waals surface area contributed by atoms with Crippen LogP contribution in [0.15, 0.2) is 70.4 Å². The Bertz CT molecular complexity index is 1120. The zero-order valence-electron chi connectivity index (χ0n) is 14.4. The zero-order chi connectivity index (χ0) is 19.3. The number of nitrogens with zero attached hydrogens (tertiary/aromatic N) is 6. The lowest BCUT2D eigenvalue weighted by atomic mass is 10.1. The first kappa shape index (κ1) is 17.1. The predicted molar refractivity (Wildman–Crippen MR) is 101 cm³/mol. The lowest BCUT2D eigenvalue weighted by molar-refractivity contribution is 0.0948. The molecule has 2 heterocycles. The van der Waals surface area contributed by atoms with Crippen LogP contribution in [-0.2, 0) is 0 Å². The van der Waals surface area contributed by atoms with Crippen molar-refractivity contribution in [1.29, 1.82) is 0 Å². The Morgan fingerprint density at radius 1 is 1.07 bits per heavy atom. The largest absolute Gasteiger partial charge is 0.378 e. The molecule has 0 saturated heterocycles. The Labute approximate surface area is 158 Å². The molecule has 0 aliphatic carbocycles. The number of nitrogen functional groups attached to an aromatic ring is 1. The fourth-order valence-corrected chi connectivity index (χ4v) is 2.52. The Kier molecular flexibility index (Phi) is 4.58. The first-order valence-electron chi connectivity index (χ1n) is 8.22. The fourth-order valence-electron chi connectivity index (χ4n) is 2.52. The summed E-state index contributed by atoms with van der Waals surface area (Å²) in [5.41, 5.74) is 10.2. The molecule has 10 heteroatoms. The summed E-state index contributed by atoms with van der Waals surface area (Å²) in [4.78, 5) is 12.9. The van der Waals surface area contributed by atoms with Crippen molar-refractivity contribution >= 4 is 17.9 Å². The van der Waals surface area contributed by atoms with Crippen LogP contribution in [0, 0.1) is 0 Å². The molecule has 4 rings (SSSR count). The summed E-state index contributed by atoms with van der Waals surface area (Å²) < 4.78 is 5.78. The molecule has 0 unspecified atom stereocenters. The summed E-state index contributed by atoms with van der Waals surface area (Å²) in [7, 11) is 0. The number of hydrogen-bond donors (Lipinski definition) is 2. The summed E-state index contributed by atoms with van der Waals surface area (Å²) >= 11 is 0. The van der Waals surface area contributed by atoms with E-state index < -0.39 is 5.91 Å². The number of nitrogens with two attached hydrogens (primary N) is 1. The van der Waals surface area contributed by atoms with E-state index in [9.17, 15) is 4.79 Å². The number of aromatic nitrogens is 5. The lowest BCUT2D eigenvalue weighted by Gasteiger charge is -2.04. The van der Waals surface area contributed by atoms with Crippen molar-refractivity contribution in [2.24, 2.45) is 5.10 Å². The molecular formula is C18H14N8O2. The minimum absolute atomic E-state index is 0.0219. The molecule has 0 aliphatic heterocycles. The van der Waals surface area contributed by atoms with Crippen molar-refractivity contribution < 1.29 is 9.42 Å². The summed E-state index contributed by atoms with van der Waals surface area (Å²) in [6, 6.07) is 18.5. The number of hydrazone groups is 1. The van der Waals surface area contributed by atoms with E-state index in [2.05, 4.69) is 35.8 Å². The quantitative estimate of drug-likeness (QED) is 0.400. The second-order valence-corrected chi connectivity index (χ2v) is 5.65. The molecule has 138 valence electrons. The van der Waals surface area contributed by atoms with Gasteiger partial charge in [0.1, 0.15) is 5.69 Å². The molecule has 0 radical (unpaired) electrons. The van der Waals surface area contributed by atoms with Gasteiger partial charge in [0.2, 0.25) is 11.6 Å². The van der Waals surface area contributed by atoms with Gasteiger partial charge in [0.25, 0.3) is 5.91 Å². The number of benzene rings is 2. The summed E-state index contributed by atoms with van der Waals surface area (Å²) in [5, 5.41) is 19.3. The van der Waals surface area contributed by atoms with Gasteiger partial charge in [-0.25, -0.2) is 10.1 Å². The number of rotatable bonds is 5. The van der Waals surface area contributed by atoms with Gasteiger partial charge in [0.05, 0.1) is 6.21 Å². The van der Waals surface area contributed by atoms with Gasteiger partial charge in [-0.3, -0.25) is 4.79 Å². The van der Waals surface area contributed by atoms with Crippen molar-refractivity contribution in [3.05, 3.63) is 71.9 Å². The minimum atomic E-state index is -0.543. The number of amides is 1. The Balaban J connectivity index is 1.71. The number of anilines is 1. The van der Waals surface area contributed by atoms with Crippen molar-refractivity contribution in [3.8, 4) is 17.1 Å². The molecule has 10 nitrogen and oxygen atoms in total. The molecule has 0 fully saturated rings. The molecule has 0 aliphatic rings. The van der Waals surface area contributed by atoms with Crippen LogP contribution < -0.4 is 11.2 Å². The monoisotopic (exact) mass is 374 g/mol. The second-order valence-electron chi connectivity index (χ2n) is 5.65. The number of nitrogens with one attached hydrogen (secondary N) is 1. The maximum atomic E-state index is 12.9.